The summed E-state index contributed by atoms with van der Waals surface area (Å²) in [7, 11) is 0. The Morgan fingerprint density at radius 3 is 2.46 bits per heavy atom. The lowest BCUT2D eigenvalue weighted by molar-refractivity contribution is -0.162. The Bertz CT molecular complexity index is 1020. The highest BCUT2D eigenvalue weighted by Crippen LogP contribution is 2.19. The van der Waals surface area contributed by atoms with E-state index in [9.17, 15) is 27.2 Å². The van der Waals surface area contributed by atoms with Crippen molar-refractivity contribution in [1.82, 2.24) is 19.1 Å². The quantitative estimate of drug-likeness (QED) is 0.602. The Morgan fingerprint density at radius 2 is 1.82 bits per heavy atom. The number of fused-ring (bicyclic) bond motifs is 1. The highest BCUT2D eigenvalue weighted by molar-refractivity contribution is 5.76. The van der Waals surface area contributed by atoms with Crippen molar-refractivity contribution < 1.29 is 22.4 Å². The Morgan fingerprint density at radius 1 is 1.11 bits per heavy atom. The first kappa shape index (κ1) is 19.6. The number of benzene rings is 1. The van der Waals surface area contributed by atoms with Crippen LogP contribution >= 0.6 is 0 Å². The zero-order valence-corrected chi connectivity index (χ0v) is 14.6. The third-order valence-corrected chi connectivity index (χ3v) is 4.04. The SMILES string of the molecule is O=C(CCn1nc2ccccn2c1=O)N(Cc1ccc(F)cc1)CC(F)(F)F. The summed E-state index contributed by atoms with van der Waals surface area (Å²) in [6, 6.07) is 9.79. The van der Waals surface area contributed by atoms with Crippen LogP contribution in [0.15, 0.2) is 53.5 Å². The highest BCUT2D eigenvalue weighted by Gasteiger charge is 2.33. The predicted octanol–water partition coefficient (Wildman–Crippen LogP) is 2.62. The molecule has 0 saturated heterocycles. The lowest BCUT2D eigenvalue weighted by Gasteiger charge is -2.24. The first-order chi connectivity index (χ1) is 13.2. The molecule has 3 rings (SSSR count). The van der Waals surface area contributed by atoms with E-state index in [1.165, 1.54) is 22.7 Å². The summed E-state index contributed by atoms with van der Waals surface area (Å²) in [5, 5.41) is 4.04. The van der Waals surface area contributed by atoms with E-state index in [1.807, 2.05) is 0 Å². The molecular weight excluding hydrogens is 380 g/mol. The van der Waals surface area contributed by atoms with Gasteiger partial charge in [-0.3, -0.25) is 9.20 Å². The Hall–Kier alpha value is -3.17. The molecule has 1 amide bonds. The van der Waals surface area contributed by atoms with Gasteiger partial charge in [0.15, 0.2) is 5.65 Å². The first-order valence-electron chi connectivity index (χ1n) is 8.36. The number of nitrogens with zero attached hydrogens (tertiary/aromatic N) is 4. The van der Waals surface area contributed by atoms with E-state index in [0.717, 1.165) is 16.8 Å². The lowest BCUT2D eigenvalue weighted by Crippen LogP contribution is -2.39. The molecule has 0 radical (unpaired) electrons. The number of rotatable bonds is 6. The number of alkyl halides is 3. The standard InChI is InChI=1S/C18H16F4N4O2/c19-14-6-4-13(5-7-14)11-24(12-18(20,21)22)16(27)8-10-26-17(28)25-9-2-1-3-15(25)23-26/h1-7,9H,8,10-12H2. The second-order valence-corrected chi connectivity index (χ2v) is 6.18. The number of amides is 1. The average molecular weight is 396 g/mol. The van der Waals surface area contributed by atoms with Crippen molar-refractivity contribution in [1.29, 1.82) is 0 Å². The zero-order valence-electron chi connectivity index (χ0n) is 14.6. The number of hydrogen-bond acceptors (Lipinski definition) is 3. The minimum atomic E-state index is -4.59. The van der Waals surface area contributed by atoms with Crippen LogP contribution in [0.2, 0.25) is 0 Å². The molecule has 0 fully saturated rings. The van der Waals surface area contributed by atoms with Crippen LogP contribution < -0.4 is 5.69 Å². The zero-order chi connectivity index (χ0) is 20.3. The Labute approximate surface area is 156 Å². The van der Waals surface area contributed by atoms with Gasteiger partial charge in [0.25, 0.3) is 0 Å². The molecule has 0 spiro atoms. The fraction of sp³-hybridized carbons (Fsp3) is 0.278. The molecule has 148 valence electrons. The van der Waals surface area contributed by atoms with Crippen molar-refractivity contribution in [3.05, 3.63) is 70.5 Å². The minimum absolute atomic E-state index is 0.156. The molecule has 3 aromatic rings. The van der Waals surface area contributed by atoms with E-state index < -0.39 is 30.1 Å². The molecular formula is C18H16F4N4O2. The number of carbonyl (C=O) groups excluding carboxylic acids is 1. The number of halogens is 4. The maximum Gasteiger partial charge on any atom is 0.406 e. The van der Waals surface area contributed by atoms with Crippen molar-refractivity contribution >= 4 is 11.6 Å². The molecule has 0 atom stereocenters. The van der Waals surface area contributed by atoms with Gasteiger partial charge in [-0.25, -0.2) is 13.9 Å². The van der Waals surface area contributed by atoms with Crippen molar-refractivity contribution in [2.75, 3.05) is 6.54 Å². The van der Waals surface area contributed by atoms with Gasteiger partial charge in [0.1, 0.15) is 12.4 Å². The molecule has 0 aliphatic rings. The van der Waals surface area contributed by atoms with Gasteiger partial charge >= 0.3 is 11.9 Å². The smallest absolute Gasteiger partial charge is 0.329 e. The molecule has 1 aromatic carbocycles. The number of aryl methyl sites for hydroxylation is 1. The van der Waals surface area contributed by atoms with Gasteiger partial charge in [0, 0.05) is 19.2 Å². The van der Waals surface area contributed by atoms with E-state index in [0.29, 0.717) is 16.1 Å². The second-order valence-electron chi connectivity index (χ2n) is 6.18. The van der Waals surface area contributed by atoms with Crippen molar-refractivity contribution in [3.63, 3.8) is 0 Å². The summed E-state index contributed by atoms with van der Waals surface area (Å²) < 4.78 is 53.9. The fourth-order valence-corrected chi connectivity index (χ4v) is 2.73. The highest BCUT2D eigenvalue weighted by atomic mass is 19.4. The van der Waals surface area contributed by atoms with Crippen LogP contribution in [-0.4, -0.2) is 37.7 Å². The third kappa shape index (κ3) is 4.76. The molecule has 0 aliphatic heterocycles. The van der Waals surface area contributed by atoms with Crippen LogP contribution in [0.3, 0.4) is 0 Å². The summed E-state index contributed by atoms with van der Waals surface area (Å²) >= 11 is 0. The molecule has 28 heavy (non-hydrogen) atoms. The molecule has 0 aliphatic carbocycles. The average Bonchev–Trinajstić information content (AvgIpc) is 2.96. The van der Waals surface area contributed by atoms with E-state index in [2.05, 4.69) is 5.10 Å². The molecule has 2 heterocycles. The fourth-order valence-electron chi connectivity index (χ4n) is 2.73. The normalized spacial score (nSPS) is 11.7. The van der Waals surface area contributed by atoms with Gasteiger partial charge in [0.05, 0.1) is 6.54 Å². The van der Waals surface area contributed by atoms with E-state index in [-0.39, 0.29) is 19.5 Å². The third-order valence-electron chi connectivity index (χ3n) is 4.04. The monoisotopic (exact) mass is 396 g/mol. The van der Waals surface area contributed by atoms with Crippen LogP contribution in [0.1, 0.15) is 12.0 Å². The molecule has 0 N–H and O–H groups in total. The molecule has 0 unspecified atom stereocenters. The van der Waals surface area contributed by atoms with Gasteiger partial charge in [-0.2, -0.15) is 13.2 Å². The molecule has 0 saturated carbocycles. The second kappa shape index (κ2) is 7.83. The van der Waals surface area contributed by atoms with Gasteiger partial charge in [0.2, 0.25) is 5.91 Å². The van der Waals surface area contributed by atoms with Crippen molar-refractivity contribution in [2.45, 2.75) is 25.7 Å². The predicted molar refractivity (Wildman–Crippen MR) is 91.9 cm³/mol. The van der Waals surface area contributed by atoms with Crippen LogP contribution in [0, 0.1) is 5.82 Å². The van der Waals surface area contributed by atoms with Crippen LogP contribution in [0.25, 0.3) is 5.65 Å². The molecule has 10 heteroatoms. The van der Waals surface area contributed by atoms with E-state index in [4.69, 9.17) is 0 Å². The van der Waals surface area contributed by atoms with Gasteiger partial charge < -0.3 is 4.90 Å². The molecule has 0 bridgehead atoms. The molecule has 6 nitrogen and oxygen atoms in total. The van der Waals surface area contributed by atoms with E-state index in [1.54, 1.807) is 18.2 Å². The maximum absolute atomic E-state index is 13.0. The van der Waals surface area contributed by atoms with Gasteiger partial charge in [-0.1, -0.05) is 18.2 Å². The topological polar surface area (TPSA) is 59.6 Å². The summed E-state index contributed by atoms with van der Waals surface area (Å²) in [5.74, 6) is -1.31. The lowest BCUT2D eigenvalue weighted by atomic mass is 10.2. The van der Waals surface area contributed by atoms with Crippen molar-refractivity contribution in [2.24, 2.45) is 0 Å². The summed E-state index contributed by atoms with van der Waals surface area (Å²) in [5.41, 5.74) is 0.256. The minimum Gasteiger partial charge on any atom is -0.329 e. The number of hydrogen-bond donors (Lipinski definition) is 0. The summed E-state index contributed by atoms with van der Waals surface area (Å²) in [6.07, 6.45) is -3.41. The summed E-state index contributed by atoms with van der Waals surface area (Å²) in [6.45, 7) is -1.92. The van der Waals surface area contributed by atoms with E-state index >= 15 is 0 Å². The Kier molecular flexibility index (Phi) is 5.48. The van der Waals surface area contributed by atoms with Crippen LogP contribution in [-0.2, 0) is 17.9 Å². The number of carbonyl (C=O) groups is 1. The number of aromatic nitrogens is 3. The number of pyridine rings is 1. The van der Waals surface area contributed by atoms with Gasteiger partial charge in [-0.05, 0) is 29.8 Å². The Balaban J connectivity index is 1.73. The van der Waals surface area contributed by atoms with Gasteiger partial charge in [-0.15, -0.1) is 5.10 Å². The summed E-state index contributed by atoms with van der Waals surface area (Å²) in [4.78, 5) is 25.2. The first-order valence-corrected chi connectivity index (χ1v) is 8.36. The largest absolute Gasteiger partial charge is 0.406 e. The van der Waals surface area contributed by atoms with Crippen molar-refractivity contribution in [3.8, 4) is 0 Å². The van der Waals surface area contributed by atoms with Crippen LogP contribution in [0.5, 0.6) is 0 Å². The maximum atomic E-state index is 13.0. The van der Waals surface area contributed by atoms with Crippen LogP contribution in [0.4, 0.5) is 17.6 Å². The molecule has 2 aromatic heterocycles.